The van der Waals surface area contributed by atoms with E-state index in [0.717, 1.165) is 6.08 Å². The van der Waals surface area contributed by atoms with Crippen LogP contribution in [0.3, 0.4) is 0 Å². The maximum atomic E-state index is 9.82. The molecule has 0 rings (SSSR count). The average molecular weight is 131 g/mol. The Kier molecular flexibility index (Phi) is 11.9. The summed E-state index contributed by atoms with van der Waals surface area (Å²) >= 11 is 0. The van der Waals surface area contributed by atoms with Crippen molar-refractivity contribution in [3.63, 3.8) is 0 Å². The quantitative estimate of drug-likeness (QED) is 0.319. The second-order valence-corrected chi connectivity index (χ2v) is 1.03. The van der Waals surface area contributed by atoms with Gasteiger partial charge in [0.25, 0.3) is 0 Å². The third-order valence-electron chi connectivity index (χ3n) is 0.348. The standard InChI is InChI=1S/C4H8O2.CHNO/c1-3-6-4(2)5;2-1-3/h3H2,1-2H3;2H. The Morgan fingerprint density at radius 1 is 1.78 bits per heavy atom. The topological polar surface area (TPSA) is 67.2 Å². The minimum atomic E-state index is -0.211. The highest BCUT2D eigenvalue weighted by atomic mass is 16.5. The zero-order valence-electron chi connectivity index (χ0n) is 5.43. The van der Waals surface area contributed by atoms with Gasteiger partial charge in [-0.1, -0.05) is 0 Å². The Morgan fingerprint density at radius 2 is 2.11 bits per heavy atom. The molecule has 0 bridgehead atoms. The van der Waals surface area contributed by atoms with E-state index < -0.39 is 0 Å². The maximum Gasteiger partial charge on any atom is 0.302 e. The Balaban J connectivity index is 0. The van der Waals surface area contributed by atoms with Gasteiger partial charge in [-0.2, -0.15) is 0 Å². The number of carbonyl (C=O) groups is 1. The van der Waals surface area contributed by atoms with Crippen LogP contribution in [0.25, 0.3) is 0 Å². The van der Waals surface area contributed by atoms with Crippen molar-refractivity contribution in [3.8, 4) is 0 Å². The lowest BCUT2D eigenvalue weighted by molar-refractivity contribution is -0.140. The van der Waals surface area contributed by atoms with Crippen molar-refractivity contribution < 1.29 is 14.3 Å². The van der Waals surface area contributed by atoms with Crippen molar-refractivity contribution in [1.82, 2.24) is 0 Å². The molecule has 4 nitrogen and oxygen atoms in total. The summed E-state index contributed by atoms with van der Waals surface area (Å²) in [5.41, 5.74) is 0. The highest BCUT2D eigenvalue weighted by Gasteiger charge is 1.81. The Morgan fingerprint density at radius 3 is 2.11 bits per heavy atom. The van der Waals surface area contributed by atoms with E-state index in [0.29, 0.717) is 6.61 Å². The summed E-state index contributed by atoms with van der Waals surface area (Å²) in [4.78, 5) is 18.2. The molecule has 4 heteroatoms. The SMILES string of the molecule is CCOC(C)=O.N=C=O. The molecule has 0 unspecified atom stereocenters. The van der Waals surface area contributed by atoms with Gasteiger partial charge < -0.3 is 4.74 Å². The Hall–Kier alpha value is -1.15. The van der Waals surface area contributed by atoms with Crippen molar-refractivity contribution in [3.05, 3.63) is 0 Å². The molecule has 0 spiro atoms. The van der Waals surface area contributed by atoms with Gasteiger partial charge in [-0.25, -0.2) is 10.2 Å². The minimum Gasteiger partial charge on any atom is -0.466 e. The van der Waals surface area contributed by atoms with Gasteiger partial charge in [0, 0.05) is 6.92 Å². The van der Waals surface area contributed by atoms with Crippen LogP contribution in [-0.4, -0.2) is 18.7 Å². The van der Waals surface area contributed by atoms with Gasteiger partial charge in [0.2, 0.25) is 6.08 Å². The molecule has 0 heterocycles. The summed E-state index contributed by atoms with van der Waals surface area (Å²) in [6, 6.07) is 0. The molecule has 0 aromatic heterocycles. The van der Waals surface area contributed by atoms with E-state index in [9.17, 15) is 4.79 Å². The third kappa shape index (κ3) is 47.1. The molecule has 0 saturated heterocycles. The summed E-state index contributed by atoms with van der Waals surface area (Å²) in [5.74, 6) is -0.211. The van der Waals surface area contributed by atoms with Gasteiger partial charge in [0.1, 0.15) is 0 Å². The molecule has 0 fully saturated rings. The van der Waals surface area contributed by atoms with E-state index >= 15 is 0 Å². The van der Waals surface area contributed by atoms with Crippen LogP contribution in [-0.2, 0) is 14.3 Å². The molecule has 0 aromatic rings. The molecule has 0 aliphatic heterocycles. The summed E-state index contributed by atoms with van der Waals surface area (Å²) in [6.07, 6.45) is 0.750. The smallest absolute Gasteiger partial charge is 0.302 e. The first kappa shape index (κ1) is 10.8. The van der Waals surface area contributed by atoms with Crippen molar-refractivity contribution in [1.29, 1.82) is 5.41 Å². The number of hydrogen-bond acceptors (Lipinski definition) is 4. The number of isocyanates is 1. The van der Waals surface area contributed by atoms with Crippen molar-refractivity contribution in [2.75, 3.05) is 6.61 Å². The molecule has 0 aromatic carbocycles. The minimum absolute atomic E-state index is 0.211. The van der Waals surface area contributed by atoms with Gasteiger partial charge in [-0.05, 0) is 6.92 Å². The summed E-state index contributed by atoms with van der Waals surface area (Å²) in [6.45, 7) is 3.65. The molecular formula is C5H9NO3. The van der Waals surface area contributed by atoms with Gasteiger partial charge >= 0.3 is 5.97 Å². The number of carbonyl (C=O) groups excluding carboxylic acids is 2. The molecular weight excluding hydrogens is 122 g/mol. The fraction of sp³-hybridized carbons (Fsp3) is 0.600. The monoisotopic (exact) mass is 131 g/mol. The number of esters is 1. The lowest BCUT2D eigenvalue weighted by Gasteiger charge is -1.89. The zero-order chi connectivity index (χ0) is 7.70. The molecule has 0 aliphatic rings. The van der Waals surface area contributed by atoms with Gasteiger partial charge in [-0.15, -0.1) is 0 Å². The summed E-state index contributed by atoms with van der Waals surface area (Å²) in [7, 11) is 0. The molecule has 0 atom stereocenters. The highest BCUT2D eigenvalue weighted by molar-refractivity contribution is 5.65. The molecule has 0 radical (unpaired) electrons. The second-order valence-electron chi connectivity index (χ2n) is 1.03. The van der Waals surface area contributed by atoms with E-state index in [4.69, 9.17) is 10.2 Å². The first-order valence-electron chi connectivity index (χ1n) is 2.36. The lowest BCUT2D eigenvalue weighted by atomic mass is 10.8. The van der Waals surface area contributed by atoms with Crippen LogP contribution in [0.5, 0.6) is 0 Å². The van der Waals surface area contributed by atoms with Crippen LogP contribution in [0.4, 0.5) is 0 Å². The largest absolute Gasteiger partial charge is 0.466 e. The van der Waals surface area contributed by atoms with Crippen LogP contribution in [0.1, 0.15) is 13.8 Å². The summed E-state index contributed by atoms with van der Waals surface area (Å²) < 4.78 is 4.40. The normalized spacial score (nSPS) is 6.00. The van der Waals surface area contributed by atoms with Crippen molar-refractivity contribution >= 4 is 12.0 Å². The molecule has 0 amide bonds. The van der Waals surface area contributed by atoms with Gasteiger partial charge in [0.05, 0.1) is 6.61 Å². The number of nitrogens with one attached hydrogen (secondary N) is 1. The second kappa shape index (κ2) is 9.97. The van der Waals surface area contributed by atoms with Crippen LogP contribution in [0.2, 0.25) is 0 Å². The fourth-order valence-electron chi connectivity index (χ4n) is 0.203. The van der Waals surface area contributed by atoms with Gasteiger partial charge in [0.15, 0.2) is 0 Å². The number of rotatable bonds is 1. The zero-order valence-corrected chi connectivity index (χ0v) is 5.43. The number of hydrogen-bond donors (Lipinski definition) is 1. The van der Waals surface area contributed by atoms with Crippen molar-refractivity contribution in [2.24, 2.45) is 0 Å². The van der Waals surface area contributed by atoms with E-state index in [-0.39, 0.29) is 5.97 Å². The van der Waals surface area contributed by atoms with Crippen molar-refractivity contribution in [2.45, 2.75) is 13.8 Å². The molecule has 9 heavy (non-hydrogen) atoms. The van der Waals surface area contributed by atoms with E-state index in [1.54, 1.807) is 6.92 Å². The van der Waals surface area contributed by atoms with E-state index in [2.05, 4.69) is 4.74 Å². The third-order valence-corrected chi connectivity index (χ3v) is 0.348. The average Bonchev–Trinajstić information content (AvgIpc) is 1.67. The van der Waals surface area contributed by atoms with E-state index in [1.165, 1.54) is 6.92 Å². The highest BCUT2D eigenvalue weighted by Crippen LogP contribution is 1.69. The first-order valence-corrected chi connectivity index (χ1v) is 2.36. The van der Waals surface area contributed by atoms with Crippen LogP contribution in [0, 0.1) is 5.41 Å². The predicted molar refractivity (Wildman–Crippen MR) is 30.7 cm³/mol. The fourth-order valence-corrected chi connectivity index (χ4v) is 0.203. The molecule has 0 aliphatic carbocycles. The van der Waals surface area contributed by atoms with Gasteiger partial charge in [-0.3, -0.25) is 4.79 Å². The predicted octanol–water partition coefficient (Wildman–Crippen LogP) is 0.470. The first-order chi connectivity index (χ1) is 4.18. The van der Waals surface area contributed by atoms with Crippen LogP contribution < -0.4 is 0 Å². The van der Waals surface area contributed by atoms with Crippen LogP contribution >= 0.6 is 0 Å². The Bertz CT molecular complexity index is 105. The Labute approximate surface area is 53.3 Å². The molecule has 0 saturated carbocycles. The number of ether oxygens (including phenoxy) is 1. The molecule has 1 N–H and O–H groups in total. The van der Waals surface area contributed by atoms with E-state index in [1.807, 2.05) is 0 Å². The lowest BCUT2D eigenvalue weighted by Crippen LogP contribution is -1.95. The molecule has 52 valence electrons. The van der Waals surface area contributed by atoms with Crippen LogP contribution in [0.15, 0.2) is 0 Å². The maximum absolute atomic E-state index is 9.82. The summed E-state index contributed by atoms with van der Waals surface area (Å²) in [5, 5.41) is 5.40.